The Morgan fingerprint density at radius 3 is 2.87 bits per heavy atom. The van der Waals surface area contributed by atoms with Gasteiger partial charge in [-0.2, -0.15) is 0 Å². The van der Waals surface area contributed by atoms with Gasteiger partial charge in [0.15, 0.2) is 0 Å². The number of aromatic nitrogens is 1. The monoisotopic (exact) mass is 207 g/mol. The molecule has 1 atom stereocenters. The van der Waals surface area contributed by atoms with E-state index < -0.39 is 5.82 Å². The normalized spacial score (nSPS) is 12.7. The molecule has 0 aliphatic rings. The summed E-state index contributed by atoms with van der Waals surface area (Å²) in [5, 5.41) is 0. The van der Waals surface area contributed by atoms with Gasteiger partial charge >= 0.3 is 0 Å². The SMILES string of the molecule is NNC(c1ccoc1)c1cncc(F)c1. The summed E-state index contributed by atoms with van der Waals surface area (Å²) < 4.78 is 17.9. The summed E-state index contributed by atoms with van der Waals surface area (Å²) in [6.45, 7) is 0. The van der Waals surface area contributed by atoms with E-state index in [9.17, 15) is 4.39 Å². The molecule has 0 aliphatic heterocycles. The van der Waals surface area contributed by atoms with Crippen molar-refractivity contribution in [1.82, 2.24) is 10.4 Å². The Morgan fingerprint density at radius 1 is 1.40 bits per heavy atom. The van der Waals surface area contributed by atoms with Gasteiger partial charge in [-0.05, 0) is 17.7 Å². The molecule has 5 heteroatoms. The van der Waals surface area contributed by atoms with Crippen molar-refractivity contribution < 1.29 is 8.81 Å². The van der Waals surface area contributed by atoms with E-state index in [0.29, 0.717) is 5.56 Å². The van der Waals surface area contributed by atoms with E-state index in [4.69, 9.17) is 10.3 Å². The first kappa shape index (κ1) is 9.82. The summed E-state index contributed by atoms with van der Waals surface area (Å²) in [4.78, 5) is 3.76. The van der Waals surface area contributed by atoms with Crippen molar-refractivity contribution in [1.29, 1.82) is 0 Å². The second kappa shape index (κ2) is 4.20. The van der Waals surface area contributed by atoms with Crippen LogP contribution in [0, 0.1) is 5.82 Å². The summed E-state index contributed by atoms with van der Waals surface area (Å²) >= 11 is 0. The molecule has 15 heavy (non-hydrogen) atoms. The number of hydrazine groups is 1. The standard InChI is InChI=1S/C10H10FN3O/c11-9-3-8(4-13-5-9)10(14-12)7-1-2-15-6-7/h1-6,10,14H,12H2. The molecule has 4 nitrogen and oxygen atoms in total. The van der Waals surface area contributed by atoms with Crippen LogP contribution in [0.1, 0.15) is 17.2 Å². The molecule has 0 saturated heterocycles. The van der Waals surface area contributed by atoms with Crippen LogP contribution in [-0.4, -0.2) is 4.98 Å². The zero-order chi connectivity index (χ0) is 10.7. The van der Waals surface area contributed by atoms with Crippen molar-refractivity contribution in [2.45, 2.75) is 6.04 Å². The number of pyridine rings is 1. The highest BCUT2D eigenvalue weighted by molar-refractivity contribution is 5.27. The molecule has 2 heterocycles. The minimum absolute atomic E-state index is 0.313. The van der Waals surface area contributed by atoms with Crippen molar-refractivity contribution in [3.8, 4) is 0 Å². The Morgan fingerprint density at radius 2 is 2.27 bits per heavy atom. The fraction of sp³-hybridized carbons (Fsp3) is 0.100. The molecule has 0 aliphatic carbocycles. The average molecular weight is 207 g/mol. The Labute approximate surface area is 85.9 Å². The van der Waals surface area contributed by atoms with Crippen molar-refractivity contribution >= 4 is 0 Å². The quantitative estimate of drug-likeness (QED) is 0.589. The third-order valence-corrected chi connectivity index (χ3v) is 2.10. The van der Waals surface area contributed by atoms with Gasteiger partial charge < -0.3 is 4.42 Å². The third kappa shape index (κ3) is 2.03. The predicted octanol–water partition coefficient (Wildman–Crippen LogP) is 1.37. The minimum atomic E-state index is -0.392. The third-order valence-electron chi connectivity index (χ3n) is 2.10. The van der Waals surface area contributed by atoms with Gasteiger partial charge in [-0.1, -0.05) is 0 Å². The number of furan rings is 1. The van der Waals surface area contributed by atoms with E-state index in [1.54, 1.807) is 18.5 Å². The lowest BCUT2D eigenvalue weighted by Crippen LogP contribution is -2.28. The highest BCUT2D eigenvalue weighted by Gasteiger charge is 2.14. The molecule has 0 spiro atoms. The van der Waals surface area contributed by atoms with Crippen molar-refractivity contribution in [2.75, 3.05) is 0 Å². The largest absolute Gasteiger partial charge is 0.472 e. The molecule has 2 rings (SSSR count). The van der Waals surface area contributed by atoms with Crippen LogP contribution in [0.15, 0.2) is 41.5 Å². The fourth-order valence-electron chi connectivity index (χ4n) is 1.41. The van der Waals surface area contributed by atoms with Gasteiger partial charge in [-0.25, -0.2) is 9.82 Å². The number of hydrogen-bond acceptors (Lipinski definition) is 4. The summed E-state index contributed by atoms with van der Waals surface area (Å²) in [7, 11) is 0. The Hall–Kier alpha value is -1.72. The second-order valence-electron chi connectivity index (χ2n) is 3.09. The van der Waals surface area contributed by atoms with Crippen LogP contribution in [0.2, 0.25) is 0 Å². The van der Waals surface area contributed by atoms with E-state index in [1.165, 1.54) is 12.3 Å². The lowest BCUT2D eigenvalue weighted by atomic mass is 10.0. The fourth-order valence-corrected chi connectivity index (χ4v) is 1.41. The van der Waals surface area contributed by atoms with Crippen LogP contribution in [0.25, 0.3) is 0 Å². The molecule has 0 amide bonds. The molecule has 3 N–H and O–H groups in total. The zero-order valence-corrected chi connectivity index (χ0v) is 7.85. The minimum Gasteiger partial charge on any atom is -0.472 e. The zero-order valence-electron chi connectivity index (χ0n) is 7.85. The highest BCUT2D eigenvalue weighted by atomic mass is 19.1. The van der Waals surface area contributed by atoms with E-state index in [2.05, 4.69) is 10.4 Å². The van der Waals surface area contributed by atoms with Gasteiger partial charge in [0.25, 0.3) is 0 Å². The number of rotatable bonds is 3. The van der Waals surface area contributed by atoms with E-state index in [0.717, 1.165) is 11.8 Å². The molecule has 0 fully saturated rings. The topological polar surface area (TPSA) is 64.1 Å². The Kier molecular flexibility index (Phi) is 2.75. The lowest BCUT2D eigenvalue weighted by Gasteiger charge is -2.13. The molecular weight excluding hydrogens is 197 g/mol. The first-order valence-electron chi connectivity index (χ1n) is 4.40. The van der Waals surface area contributed by atoms with Crippen molar-refractivity contribution in [3.63, 3.8) is 0 Å². The van der Waals surface area contributed by atoms with Crippen LogP contribution in [0.4, 0.5) is 4.39 Å². The first-order chi connectivity index (χ1) is 7.31. The van der Waals surface area contributed by atoms with Gasteiger partial charge in [0.2, 0.25) is 0 Å². The summed E-state index contributed by atoms with van der Waals surface area (Å²) in [6.07, 6.45) is 5.79. The highest BCUT2D eigenvalue weighted by Crippen LogP contribution is 2.21. The maximum Gasteiger partial charge on any atom is 0.141 e. The lowest BCUT2D eigenvalue weighted by molar-refractivity contribution is 0.551. The number of nitrogens with two attached hydrogens (primary N) is 1. The Bertz CT molecular complexity index is 430. The van der Waals surface area contributed by atoms with Crippen LogP contribution in [-0.2, 0) is 0 Å². The van der Waals surface area contributed by atoms with Gasteiger partial charge in [0, 0.05) is 11.8 Å². The predicted molar refractivity (Wildman–Crippen MR) is 52.1 cm³/mol. The first-order valence-corrected chi connectivity index (χ1v) is 4.40. The molecule has 2 aromatic heterocycles. The molecule has 78 valence electrons. The number of nitrogens with zero attached hydrogens (tertiary/aromatic N) is 1. The molecule has 0 saturated carbocycles. The molecular formula is C10H10FN3O. The van der Waals surface area contributed by atoms with Crippen LogP contribution in [0.3, 0.4) is 0 Å². The molecule has 1 unspecified atom stereocenters. The van der Waals surface area contributed by atoms with Gasteiger partial charge in [0.05, 0.1) is 24.8 Å². The Balaban J connectivity index is 2.35. The second-order valence-corrected chi connectivity index (χ2v) is 3.09. The van der Waals surface area contributed by atoms with Crippen LogP contribution >= 0.6 is 0 Å². The average Bonchev–Trinajstić information content (AvgIpc) is 2.72. The van der Waals surface area contributed by atoms with E-state index in [1.807, 2.05) is 0 Å². The van der Waals surface area contributed by atoms with Gasteiger partial charge in [-0.3, -0.25) is 10.8 Å². The van der Waals surface area contributed by atoms with Gasteiger partial charge in [-0.15, -0.1) is 0 Å². The maximum atomic E-state index is 13.0. The number of halogens is 1. The smallest absolute Gasteiger partial charge is 0.141 e. The number of nitrogens with one attached hydrogen (secondary N) is 1. The van der Waals surface area contributed by atoms with Crippen molar-refractivity contribution in [3.05, 3.63) is 54.0 Å². The molecule has 0 bridgehead atoms. The van der Waals surface area contributed by atoms with Crippen LogP contribution in [0.5, 0.6) is 0 Å². The summed E-state index contributed by atoms with van der Waals surface area (Å²) in [5.74, 6) is 5.01. The maximum absolute atomic E-state index is 13.0. The number of hydrogen-bond donors (Lipinski definition) is 2. The summed E-state index contributed by atoms with van der Waals surface area (Å²) in [6, 6.07) is 2.83. The van der Waals surface area contributed by atoms with E-state index >= 15 is 0 Å². The van der Waals surface area contributed by atoms with Gasteiger partial charge in [0.1, 0.15) is 5.82 Å². The summed E-state index contributed by atoms with van der Waals surface area (Å²) in [5.41, 5.74) is 4.06. The molecule has 0 aromatic carbocycles. The van der Waals surface area contributed by atoms with Crippen LogP contribution < -0.4 is 11.3 Å². The molecule has 0 radical (unpaired) electrons. The molecule has 2 aromatic rings. The van der Waals surface area contributed by atoms with E-state index in [-0.39, 0.29) is 6.04 Å². The van der Waals surface area contributed by atoms with Crippen molar-refractivity contribution in [2.24, 2.45) is 5.84 Å².